The molecule has 6 aromatic carbocycles. The zero-order valence-corrected chi connectivity index (χ0v) is 43.3. The highest BCUT2D eigenvalue weighted by Gasteiger charge is 2.76. The number of carbonyl (C=O) groups is 4. The van der Waals surface area contributed by atoms with Gasteiger partial charge in [0, 0.05) is 42.2 Å². The molecule has 4 heterocycles. The quantitative estimate of drug-likeness (QED) is 0.0344. The number of fused-ring (bicyclic) bond motifs is 3. The number of nitrogens with zero attached hydrogens (tertiary/aromatic N) is 4. The number of cyclic esters (lactones) is 1. The van der Waals surface area contributed by atoms with Crippen LogP contribution in [0.3, 0.4) is 0 Å². The van der Waals surface area contributed by atoms with Crippen molar-refractivity contribution in [3.05, 3.63) is 195 Å². The molecule has 6 aromatic rings. The fourth-order valence-corrected chi connectivity index (χ4v) is 12.2. The van der Waals surface area contributed by atoms with E-state index < -0.39 is 70.0 Å². The number of ether oxygens (including phenoxy) is 4. The zero-order valence-electron chi connectivity index (χ0n) is 43.3. The normalized spacial score (nSPS) is 23.3. The second-order valence-electron chi connectivity index (χ2n) is 20.6. The molecule has 1 spiro atoms. The highest BCUT2D eigenvalue weighted by Crippen LogP contribution is 2.66. The molecule has 6 atom stereocenters. The van der Waals surface area contributed by atoms with Gasteiger partial charge >= 0.3 is 12.1 Å². The number of nitro groups is 1. The summed E-state index contributed by atoms with van der Waals surface area (Å²) in [5.41, 5.74) is 0.545. The number of imide groups is 1. The first-order chi connectivity index (χ1) is 38.5. The SMILES string of the molecule is O=C1O[C@H](c2ccccc2)[C@H](c2ccccc2)N2[C@H]1[C@@H](C(=O)Nc1ccc(N3CCOCC3)cc1)[C@]1(C(=O)N(C(=O)OCc3ccc([N+](=O)[O-])cc3)c3ccc(C#CC4(O)CCCCCC4)cc31)[C@H]2c1ccc(OCCO)cc1. The highest BCUT2D eigenvalue weighted by atomic mass is 16.6. The molecule has 4 fully saturated rings. The third kappa shape index (κ3) is 10.2. The molecule has 5 aliphatic rings. The van der Waals surface area contributed by atoms with E-state index in [2.05, 4.69) is 22.1 Å². The van der Waals surface area contributed by atoms with Crippen molar-refractivity contribution in [1.29, 1.82) is 0 Å². The van der Waals surface area contributed by atoms with Crippen molar-refractivity contribution in [3.8, 4) is 17.6 Å². The highest BCUT2D eigenvalue weighted by molar-refractivity contribution is 6.24. The Kier molecular flexibility index (Phi) is 15.0. The lowest BCUT2D eigenvalue weighted by atomic mass is 9.65. The topological polar surface area (TPSA) is 211 Å². The van der Waals surface area contributed by atoms with Crippen LogP contribution >= 0.6 is 0 Å². The summed E-state index contributed by atoms with van der Waals surface area (Å²) in [6.07, 6.45) is 2.38. The maximum atomic E-state index is 16.8. The lowest BCUT2D eigenvalue weighted by molar-refractivity contribution is -0.384. The van der Waals surface area contributed by atoms with Crippen LogP contribution in [-0.2, 0) is 40.6 Å². The van der Waals surface area contributed by atoms with Crippen LogP contribution in [0.25, 0.3) is 0 Å². The molecule has 4 aliphatic heterocycles. The van der Waals surface area contributed by atoms with Crippen molar-refractivity contribution in [2.24, 2.45) is 5.92 Å². The van der Waals surface area contributed by atoms with E-state index in [0.717, 1.165) is 36.3 Å². The average Bonchev–Trinajstić information content (AvgIpc) is 2.69. The standard InChI is InChI=1S/C62H59N5O12/c68-35-38-77-49-26-18-45(19-27-49)56-62(50-39-41(29-32-61(73)30-9-1-2-10-31-61)17-28-51(50)65(59(62)71)60(72)78-40-42-15-22-48(23-16-42)67(74)75)52(57(69)63-46-20-24-47(25-21-46)64-33-36-76-37-34-64)54-58(70)79-55(44-13-7-4-8-14-44)53(66(54)56)43-11-5-3-6-12-43/h3-8,11-28,39,52-56,68,73H,1-2,9-10,30-31,33-38,40H2,(H,63,69)/t52-,53-,54-,55+,56+,62-/m0/s1. The number of nitrogens with one attached hydrogen (secondary N) is 1. The molecule has 3 N–H and O–H groups in total. The van der Waals surface area contributed by atoms with Gasteiger partial charge in [0.25, 0.3) is 5.69 Å². The molecular weight excluding hydrogens is 1010 g/mol. The van der Waals surface area contributed by atoms with E-state index in [0.29, 0.717) is 78.4 Å². The Morgan fingerprint density at radius 1 is 0.785 bits per heavy atom. The molecule has 11 rings (SSSR count). The lowest BCUT2D eigenvalue weighted by Crippen LogP contribution is -2.54. The number of benzene rings is 6. The molecular formula is C62H59N5O12. The van der Waals surface area contributed by atoms with Crippen molar-refractivity contribution in [2.45, 2.75) is 80.4 Å². The number of aliphatic hydroxyl groups is 2. The van der Waals surface area contributed by atoms with Crippen LogP contribution in [0, 0.1) is 27.9 Å². The summed E-state index contributed by atoms with van der Waals surface area (Å²) in [4.78, 5) is 79.8. The van der Waals surface area contributed by atoms with Gasteiger partial charge in [-0.2, -0.15) is 0 Å². The molecule has 3 saturated heterocycles. The van der Waals surface area contributed by atoms with Crippen LogP contribution in [0.4, 0.5) is 27.5 Å². The summed E-state index contributed by atoms with van der Waals surface area (Å²) in [6.45, 7) is 1.85. The summed E-state index contributed by atoms with van der Waals surface area (Å²) in [7, 11) is 0. The van der Waals surface area contributed by atoms with E-state index >= 15 is 19.2 Å². The van der Waals surface area contributed by atoms with Crippen LogP contribution in [0.5, 0.6) is 5.75 Å². The number of morpholine rings is 2. The molecule has 0 bridgehead atoms. The Labute approximate surface area is 456 Å². The number of carbonyl (C=O) groups excluding carboxylic acids is 4. The van der Waals surface area contributed by atoms with E-state index in [1.54, 1.807) is 54.6 Å². The lowest BCUT2D eigenvalue weighted by Gasteiger charge is -2.46. The number of nitro benzene ring substituents is 1. The van der Waals surface area contributed by atoms with Gasteiger partial charge in [0.1, 0.15) is 42.1 Å². The first kappa shape index (κ1) is 52.6. The van der Waals surface area contributed by atoms with Gasteiger partial charge in [-0.05, 0) is 120 Å². The van der Waals surface area contributed by atoms with E-state index in [9.17, 15) is 20.3 Å². The second kappa shape index (κ2) is 22.5. The van der Waals surface area contributed by atoms with Gasteiger partial charge in [0.2, 0.25) is 11.8 Å². The van der Waals surface area contributed by atoms with Gasteiger partial charge in [0.05, 0.1) is 48.4 Å². The van der Waals surface area contributed by atoms with Gasteiger partial charge in [-0.3, -0.25) is 29.4 Å². The van der Waals surface area contributed by atoms with E-state index in [4.69, 9.17) is 18.9 Å². The van der Waals surface area contributed by atoms with E-state index in [1.165, 1.54) is 24.3 Å². The van der Waals surface area contributed by atoms with Gasteiger partial charge in [-0.15, -0.1) is 0 Å². The van der Waals surface area contributed by atoms with Gasteiger partial charge in [-0.1, -0.05) is 97.5 Å². The van der Waals surface area contributed by atoms with Crippen molar-refractivity contribution >= 4 is 46.6 Å². The summed E-state index contributed by atoms with van der Waals surface area (Å²) in [5, 5.41) is 36.2. The number of hydrogen-bond donors (Lipinski definition) is 3. The third-order valence-corrected chi connectivity index (χ3v) is 15.9. The van der Waals surface area contributed by atoms with Crippen molar-refractivity contribution in [2.75, 3.05) is 54.6 Å². The number of esters is 1. The fraction of sp³-hybridized carbons (Fsp3) is 0.323. The Bertz CT molecular complexity index is 3280. The summed E-state index contributed by atoms with van der Waals surface area (Å²) < 4.78 is 24.0. The monoisotopic (exact) mass is 1070 g/mol. The smallest absolute Gasteiger partial charge is 0.421 e. The fourth-order valence-electron chi connectivity index (χ4n) is 12.2. The van der Waals surface area contributed by atoms with E-state index in [-0.39, 0.29) is 36.8 Å². The average molecular weight is 1070 g/mol. The van der Waals surface area contributed by atoms with Crippen molar-refractivity contribution < 1.29 is 53.3 Å². The maximum Gasteiger partial charge on any atom is 0.421 e. The van der Waals surface area contributed by atoms with Gasteiger partial charge in [-0.25, -0.2) is 9.69 Å². The summed E-state index contributed by atoms with van der Waals surface area (Å²) in [6, 6.07) is 39.7. The largest absolute Gasteiger partial charge is 0.491 e. The van der Waals surface area contributed by atoms with Crippen LogP contribution in [-0.4, -0.2) is 95.1 Å². The van der Waals surface area contributed by atoms with Crippen LogP contribution in [0.2, 0.25) is 0 Å². The van der Waals surface area contributed by atoms with Gasteiger partial charge < -0.3 is 39.4 Å². The molecule has 1 aliphatic carbocycles. The summed E-state index contributed by atoms with van der Waals surface area (Å²) >= 11 is 0. The molecule has 79 heavy (non-hydrogen) atoms. The minimum atomic E-state index is -2.17. The molecule has 1 saturated carbocycles. The maximum absolute atomic E-state index is 16.8. The first-order valence-corrected chi connectivity index (χ1v) is 26.8. The molecule has 3 amide bonds. The molecule has 0 aromatic heterocycles. The Hall–Kier alpha value is -8.40. The Balaban J connectivity index is 1.14. The Morgan fingerprint density at radius 3 is 2.11 bits per heavy atom. The van der Waals surface area contributed by atoms with Crippen molar-refractivity contribution in [3.63, 3.8) is 0 Å². The molecule has 404 valence electrons. The predicted molar refractivity (Wildman–Crippen MR) is 292 cm³/mol. The first-order valence-electron chi connectivity index (χ1n) is 26.8. The van der Waals surface area contributed by atoms with Crippen molar-refractivity contribution in [1.82, 2.24) is 4.90 Å². The number of rotatable bonds is 12. The molecule has 17 heteroatoms. The number of non-ortho nitro benzene ring substituents is 1. The number of hydrogen-bond acceptors (Lipinski definition) is 14. The van der Waals surface area contributed by atoms with E-state index in [1.807, 2.05) is 77.7 Å². The Morgan fingerprint density at radius 2 is 1.46 bits per heavy atom. The molecule has 0 radical (unpaired) electrons. The zero-order chi connectivity index (χ0) is 54.7. The second-order valence-corrected chi connectivity index (χ2v) is 20.6. The third-order valence-electron chi connectivity index (χ3n) is 15.9. The summed E-state index contributed by atoms with van der Waals surface area (Å²) in [5.74, 6) is 2.76. The molecule has 17 nitrogen and oxygen atoms in total. The van der Waals surface area contributed by atoms with Gasteiger partial charge in [0.15, 0.2) is 0 Å². The van der Waals surface area contributed by atoms with Crippen LogP contribution < -0.4 is 19.9 Å². The number of anilines is 3. The molecule has 0 unspecified atom stereocenters. The van der Waals surface area contributed by atoms with Crippen LogP contribution in [0.1, 0.15) is 90.1 Å². The number of amides is 3. The van der Waals surface area contributed by atoms with Crippen LogP contribution in [0.15, 0.2) is 152 Å². The minimum Gasteiger partial charge on any atom is -0.491 e. The predicted octanol–water partition coefficient (Wildman–Crippen LogP) is 8.88. The number of aliphatic hydroxyl groups excluding tert-OH is 1. The minimum absolute atomic E-state index is 0.000987.